The van der Waals surface area contributed by atoms with E-state index < -0.39 is 11.2 Å². The monoisotopic (exact) mass is 107 g/mol. The lowest BCUT2D eigenvalue weighted by Gasteiger charge is -1.81. The summed E-state index contributed by atoms with van der Waals surface area (Å²) < 4.78 is 0. The van der Waals surface area contributed by atoms with Crippen LogP contribution in [0.1, 0.15) is 0 Å². The molecular formula is CHNO5. The second kappa shape index (κ2) is 1.96. The fraction of sp³-hybridized carbons (Fsp3) is 0. The minimum Gasteiger partial charge on any atom is -0.461 e. The third kappa shape index (κ3) is 4.67. The van der Waals surface area contributed by atoms with E-state index in [1.54, 1.807) is 0 Å². The fourth-order valence-electron chi connectivity index (χ4n) is 0.0638. The zero-order valence-electron chi connectivity index (χ0n) is 3.03. The molecule has 0 aliphatic rings. The molecule has 0 bridgehead atoms. The predicted octanol–water partition coefficient (Wildman–Crippen LogP) is -0.127. The van der Waals surface area contributed by atoms with Gasteiger partial charge in [0.25, 0.3) is 0 Å². The summed E-state index contributed by atoms with van der Waals surface area (Å²) in [5.74, 6) is 0. The van der Waals surface area contributed by atoms with Crippen molar-refractivity contribution in [3.8, 4) is 0 Å². The van der Waals surface area contributed by atoms with Crippen LogP contribution in [0.3, 0.4) is 0 Å². The first-order valence-corrected chi connectivity index (χ1v) is 1.18. The van der Waals surface area contributed by atoms with E-state index in [0.29, 0.717) is 0 Å². The number of hydrogen-bond donors (Lipinski definition) is 1. The molecule has 7 heavy (non-hydrogen) atoms. The van der Waals surface area contributed by atoms with Crippen molar-refractivity contribution in [2.75, 3.05) is 0 Å². The first-order valence-electron chi connectivity index (χ1n) is 1.18. The Hall–Kier alpha value is -1.33. The molecule has 0 unspecified atom stereocenters. The lowest BCUT2D eigenvalue weighted by molar-refractivity contribution is -0.730. The quantitative estimate of drug-likeness (QED) is 0.372. The highest BCUT2D eigenvalue weighted by molar-refractivity contribution is 5.55. The Bertz CT molecular complexity index is 84.3. The van der Waals surface area contributed by atoms with Crippen molar-refractivity contribution in [1.82, 2.24) is 0 Å². The van der Waals surface area contributed by atoms with Gasteiger partial charge in [-0.05, 0) is 0 Å². The van der Waals surface area contributed by atoms with Crippen molar-refractivity contribution in [2.45, 2.75) is 0 Å². The Labute approximate surface area is 37.4 Å². The Kier molecular flexibility index (Phi) is 1.58. The maximum Gasteiger partial charge on any atom is 0.484 e. The highest BCUT2D eigenvalue weighted by Gasteiger charge is 1.99. The van der Waals surface area contributed by atoms with Crippen LogP contribution < -0.4 is 0 Å². The first-order chi connectivity index (χ1) is 3.13. The molecule has 0 saturated heterocycles. The van der Waals surface area contributed by atoms with Crippen LogP contribution >= 0.6 is 0 Å². The summed E-state index contributed by atoms with van der Waals surface area (Å²) in [6, 6.07) is 0. The summed E-state index contributed by atoms with van der Waals surface area (Å²) in [4.78, 5) is 21.0. The van der Waals surface area contributed by atoms with E-state index >= 15 is 0 Å². The molecule has 0 aromatic carbocycles. The largest absolute Gasteiger partial charge is 0.484 e. The molecule has 0 fully saturated rings. The molecule has 6 heteroatoms. The fourth-order valence-corrected chi connectivity index (χ4v) is 0.0638. The predicted molar refractivity (Wildman–Crippen MR) is 16.1 cm³/mol. The number of carboxylic acid groups (broad SMARTS) is 1. The average Bonchev–Trinajstić information content (AvgIpc) is 1.27. The van der Waals surface area contributed by atoms with E-state index in [1.165, 1.54) is 0 Å². The summed E-state index contributed by atoms with van der Waals surface area (Å²) in [5.41, 5.74) is 0. The van der Waals surface area contributed by atoms with Gasteiger partial charge in [-0.3, -0.25) is 0 Å². The maximum absolute atomic E-state index is 9.15. The summed E-state index contributed by atoms with van der Waals surface area (Å²) in [5, 5.41) is 15.0. The smallest absolute Gasteiger partial charge is 0.461 e. The Balaban J connectivity index is 3.32. The molecule has 1 N–H and O–H groups in total. The lowest BCUT2D eigenvalue weighted by atomic mass is 11.4. The highest BCUT2D eigenvalue weighted by atomic mass is 17.0. The van der Waals surface area contributed by atoms with Gasteiger partial charge < -0.3 is 5.11 Å². The maximum atomic E-state index is 9.15. The van der Waals surface area contributed by atoms with Gasteiger partial charge in [-0.15, -0.1) is 10.1 Å². The van der Waals surface area contributed by atoms with Gasteiger partial charge in [0.2, 0.25) is 0 Å². The molecule has 40 valence electrons. The SMILES string of the molecule is O=C(O)O[N+](=O)[O-]. The lowest BCUT2D eigenvalue weighted by Crippen LogP contribution is -2.05. The normalized spacial score (nSPS) is 7.43. The van der Waals surface area contributed by atoms with Crippen LogP contribution in [-0.2, 0) is 4.84 Å². The molecule has 0 aromatic rings. The van der Waals surface area contributed by atoms with Crippen molar-refractivity contribution in [1.29, 1.82) is 0 Å². The first kappa shape index (κ1) is 5.67. The molecule has 0 atom stereocenters. The summed E-state index contributed by atoms with van der Waals surface area (Å²) in [6.07, 6.45) is -1.91. The van der Waals surface area contributed by atoms with Crippen LogP contribution in [0.15, 0.2) is 0 Å². The zero-order chi connectivity index (χ0) is 5.86. The van der Waals surface area contributed by atoms with Crippen molar-refractivity contribution in [3.05, 3.63) is 10.1 Å². The minimum atomic E-state index is -1.91. The summed E-state index contributed by atoms with van der Waals surface area (Å²) >= 11 is 0. The van der Waals surface area contributed by atoms with Crippen LogP contribution in [-0.4, -0.2) is 16.3 Å². The summed E-state index contributed by atoms with van der Waals surface area (Å²) in [6.45, 7) is 0. The van der Waals surface area contributed by atoms with E-state index in [1.807, 2.05) is 0 Å². The van der Waals surface area contributed by atoms with E-state index in [0.717, 1.165) is 0 Å². The van der Waals surface area contributed by atoms with E-state index in [4.69, 9.17) is 20.0 Å². The number of hydrogen-bond acceptors (Lipinski definition) is 4. The molecule has 6 nitrogen and oxygen atoms in total. The number of rotatable bonds is 1. The van der Waals surface area contributed by atoms with Crippen molar-refractivity contribution in [2.24, 2.45) is 0 Å². The van der Waals surface area contributed by atoms with Crippen molar-refractivity contribution < 1.29 is 19.8 Å². The standard InChI is InChI=1S/CHNO5/c3-1(4)7-2(5)6/h(H,3,4). The van der Waals surface area contributed by atoms with Crippen molar-refractivity contribution >= 4 is 6.16 Å². The van der Waals surface area contributed by atoms with Gasteiger partial charge in [0.05, 0.1) is 0 Å². The molecule has 0 amide bonds. The zero-order valence-corrected chi connectivity index (χ0v) is 3.03. The van der Waals surface area contributed by atoms with Crippen LogP contribution in [0.4, 0.5) is 4.79 Å². The number of carbonyl (C=O) groups is 1. The molecule has 0 heterocycles. The molecule has 0 aromatic heterocycles. The second-order valence-corrected chi connectivity index (χ2v) is 0.581. The Morgan fingerprint density at radius 1 is 1.86 bits per heavy atom. The van der Waals surface area contributed by atoms with Crippen LogP contribution in [0.2, 0.25) is 0 Å². The molecular weight excluding hydrogens is 106 g/mol. The molecule has 0 rings (SSSR count). The Morgan fingerprint density at radius 2 is 2.29 bits per heavy atom. The van der Waals surface area contributed by atoms with Gasteiger partial charge in [-0.2, -0.15) is 4.84 Å². The topological polar surface area (TPSA) is 89.7 Å². The Morgan fingerprint density at radius 3 is 2.29 bits per heavy atom. The molecule has 0 spiro atoms. The van der Waals surface area contributed by atoms with Gasteiger partial charge in [-0.25, -0.2) is 4.79 Å². The minimum absolute atomic E-state index is 1.40. The van der Waals surface area contributed by atoms with E-state index in [-0.39, 0.29) is 0 Å². The van der Waals surface area contributed by atoms with E-state index in [9.17, 15) is 0 Å². The second-order valence-electron chi connectivity index (χ2n) is 0.581. The molecule has 0 aliphatic carbocycles. The van der Waals surface area contributed by atoms with Gasteiger partial charge in [0.15, 0.2) is 0 Å². The van der Waals surface area contributed by atoms with Gasteiger partial charge in [0.1, 0.15) is 0 Å². The molecule has 0 radical (unpaired) electrons. The van der Waals surface area contributed by atoms with Crippen LogP contribution in [0.5, 0.6) is 0 Å². The van der Waals surface area contributed by atoms with Crippen molar-refractivity contribution in [3.63, 3.8) is 0 Å². The molecule has 0 aliphatic heterocycles. The average molecular weight is 107 g/mol. The third-order valence-corrected chi connectivity index (χ3v) is 0.153. The molecule has 0 saturated carbocycles. The van der Waals surface area contributed by atoms with Crippen LogP contribution in [0, 0.1) is 10.1 Å². The van der Waals surface area contributed by atoms with Gasteiger partial charge >= 0.3 is 11.2 Å². The van der Waals surface area contributed by atoms with Gasteiger partial charge in [0, 0.05) is 0 Å². The van der Waals surface area contributed by atoms with E-state index in [2.05, 4.69) is 4.84 Å². The van der Waals surface area contributed by atoms with Gasteiger partial charge in [-0.1, -0.05) is 0 Å². The highest BCUT2D eigenvalue weighted by Crippen LogP contribution is 1.72. The third-order valence-electron chi connectivity index (χ3n) is 0.153. The summed E-state index contributed by atoms with van der Waals surface area (Å²) in [7, 11) is 0. The number of nitrogens with zero attached hydrogens (tertiary/aromatic N) is 1. The van der Waals surface area contributed by atoms with Crippen LogP contribution in [0.25, 0.3) is 0 Å².